The quantitative estimate of drug-likeness (QED) is 0.828. The molecule has 4 heteroatoms. The minimum Gasteiger partial charge on any atom is -0.350 e. The fourth-order valence-corrected chi connectivity index (χ4v) is 1.51. The van der Waals surface area contributed by atoms with Crippen molar-refractivity contribution in [2.24, 2.45) is 0 Å². The van der Waals surface area contributed by atoms with Gasteiger partial charge in [-0.05, 0) is 31.7 Å². The molecule has 0 fully saturated rings. The first-order chi connectivity index (χ1) is 7.63. The highest BCUT2D eigenvalue weighted by Crippen LogP contribution is 2.15. The van der Waals surface area contributed by atoms with Crippen LogP contribution >= 0.6 is 11.6 Å². The molecule has 1 aromatic rings. The maximum atomic E-state index is 11.5. The van der Waals surface area contributed by atoms with E-state index in [1.807, 2.05) is 38.2 Å². The smallest absolute Gasteiger partial charge is 0.221 e. The lowest BCUT2D eigenvalue weighted by molar-refractivity contribution is -0.121. The second-order valence-electron chi connectivity index (χ2n) is 3.69. The van der Waals surface area contributed by atoms with E-state index in [0.717, 1.165) is 5.56 Å². The fraction of sp³-hybridized carbons (Fsp3) is 0.417. The maximum absolute atomic E-state index is 11.5. The number of nitrogens with one attached hydrogen (secondary N) is 2. The van der Waals surface area contributed by atoms with Gasteiger partial charge in [0, 0.05) is 18.0 Å². The summed E-state index contributed by atoms with van der Waals surface area (Å²) in [6, 6.07) is 7.51. The molecule has 2 N–H and O–H groups in total. The minimum atomic E-state index is 0.0154. The summed E-state index contributed by atoms with van der Waals surface area (Å²) in [7, 11) is 1.83. The minimum absolute atomic E-state index is 0.0154. The van der Waals surface area contributed by atoms with Gasteiger partial charge in [0.05, 0.1) is 6.04 Å². The molecule has 0 heterocycles. The Morgan fingerprint density at radius 2 is 2.00 bits per heavy atom. The third-order valence-corrected chi connectivity index (χ3v) is 2.60. The Morgan fingerprint density at radius 1 is 1.38 bits per heavy atom. The number of benzene rings is 1. The fourth-order valence-electron chi connectivity index (χ4n) is 1.39. The van der Waals surface area contributed by atoms with Crippen LogP contribution in [0.1, 0.15) is 24.9 Å². The van der Waals surface area contributed by atoms with Crippen molar-refractivity contribution in [1.29, 1.82) is 0 Å². The highest BCUT2D eigenvalue weighted by molar-refractivity contribution is 6.30. The molecule has 0 radical (unpaired) electrons. The second-order valence-corrected chi connectivity index (χ2v) is 4.13. The van der Waals surface area contributed by atoms with Crippen LogP contribution < -0.4 is 10.6 Å². The van der Waals surface area contributed by atoms with Crippen molar-refractivity contribution in [2.45, 2.75) is 19.4 Å². The van der Waals surface area contributed by atoms with Crippen LogP contribution in [-0.2, 0) is 4.79 Å². The summed E-state index contributed by atoms with van der Waals surface area (Å²) in [6.45, 7) is 2.65. The highest BCUT2D eigenvalue weighted by Gasteiger charge is 2.08. The van der Waals surface area contributed by atoms with Gasteiger partial charge in [-0.25, -0.2) is 0 Å². The van der Waals surface area contributed by atoms with E-state index in [9.17, 15) is 4.79 Å². The monoisotopic (exact) mass is 240 g/mol. The van der Waals surface area contributed by atoms with E-state index in [1.165, 1.54) is 0 Å². The van der Waals surface area contributed by atoms with Crippen LogP contribution in [0.15, 0.2) is 24.3 Å². The lowest BCUT2D eigenvalue weighted by Gasteiger charge is -2.14. The standard InChI is InChI=1S/C12H17ClN2O/c1-9(15-12(16)7-8-14-2)10-3-5-11(13)6-4-10/h3-6,9,14H,7-8H2,1-2H3,(H,15,16)/t9-/m1/s1. The lowest BCUT2D eigenvalue weighted by atomic mass is 10.1. The first-order valence-electron chi connectivity index (χ1n) is 5.33. The van der Waals surface area contributed by atoms with E-state index in [2.05, 4.69) is 10.6 Å². The summed E-state index contributed by atoms with van der Waals surface area (Å²) in [5.41, 5.74) is 1.06. The van der Waals surface area contributed by atoms with Crippen LogP contribution in [0.5, 0.6) is 0 Å². The number of hydrogen-bond acceptors (Lipinski definition) is 2. The first-order valence-corrected chi connectivity index (χ1v) is 5.70. The Hall–Kier alpha value is -1.06. The van der Waals surface area contributed by atoms with Crippen molar-refractivity contribution in [3.05, 3.63) is 34.9 Å². The average molecular weight is 241 g/mol. The average Bonchev–Trinajstić information content (AvgIpc) is 2.27. The van der Waals surface area contributed by atoms with Gasteiger partial charge in [0.2, 0.25) is 5.91 Å². The SMILES string of the molecule is CNCCC(=O)N[C@H](C)c1ccc(Cl)cc1. The summed E-state index contributed by atoms with van der Waals surface area (Å²) >= 11 is 5.80. The van der Waals surface area contributed by atoms with Crippen molar-refractivity contribution in [3.63, 3.8) is 0 Å². The summed E-state index contributed by atoms with van der Waals surface area (Å²) in [5.74, 6) is 0.0526. The molecule has 0 saturated heterocycles. The molecule has 1 amide bonds. The zero-order valence-electron chi connectivity index (χ0n) is 9.59. The van der Waals surface area contributed by atoms with Gasteiger partial charge in [-0.15, -0.1) is 0 Å². The highest BCUT2D eigenvalue weighted by atomic mass is 35.5. The molecule has 0 aliphatic carbocycles. The van der Waals surface area contributed by atoms with Gasteiger partial charge in [-0.3, -0.25) is 4.79 Å². The molecule has 0 bridgehead atoms. The molecule has 1 rings (SSSR count). The Balaban J connectivity index is 2.48. The van der Waals surface area contributed by atoms with Gasteiger partial charge < -0.3 is 10.6 Å². The van der Waals surface area contributed by atoms with E-state index >= 15 is 0 Å². The molecule has 1 aromatic carbocycles. The van der Waals surface area contributed by atoms with Crippen LogP contribution in [0.2, 0.25) is 5.02 Å². The predicted molar refractivity (Wildman–Crippen MR) is 66.6 cm³/mol. The zero-order chi connectivity index (χ0) is 12.0. The van der Waals surface area contributed by atoms with Gasteiger partial charge in [-0.2, -0.15) is 0 Å². The summed E-state index contributed by atoms with van der Waals surface area (Å²) < 4.78 is 0. The van der Waals surface area contributed by atoms with Crippen molar-refractivity contribution in [1.82, 2.24) is 10.6 Å². The summed E-state index contributed by atoms with van der Waals surface area (Å²) in [6.07, 6.45) is 0.494. The number of amides is 1. The topological polar surface area (TPSA) is 41.1 Å². The lowest BCUT2D eigenvalue weighted by Crippen LogP contribution is -2.28. The third-order valence-electron chi connectivity index (χ3n) is 2.35. The molecule has 16 heavy (non-hydrogen) atoms. The molecule has 0 unspecified atom stereocenters. The van der Waals surface area contributed by atoms with E-state index in [0.29, 0.717) is 18.0 Å². The van der Waals surface area contributed by atoms with E-state index in [-0.39, 0.29) is 11.9 Å². The first kappa shape index (κ1) is 13.0. The normalized spacial score (nSPS) is 12.2. The van der Waals surface area contributed by atoms with E-state index in [4.69, 9.17) is 11.6 Å². The number of rotatable bonds is 5. The maximum Gasteiger partial charge on any atom is 0.221 e. The van der Waals surface area contributed by atoms with Crippen LogP contribution in [0.4, 0.5) is 0 Å². The molecule has 0 aliphatic rings. The van der Waals surface area contributed by atoms with Crippen molar-refractivity contribution in [2.75, 3.05) is 13.6 Å². The summed E-state index contributed by atoms with van der Waals surface area (Å²) in [5, 5.41) is 6.58. The van der Waals surface area contributed by atoms with E-state index < -0.39 is 0 Å². The largest absolute Gasteiger partial charge is 0.350 e. The van der Waals surface area contributed by atoms with Crippen molar-refractivity contribution >= 4 is 17.5 Å². The molecule has 3 nitrogen and oxygen atoms in total. The van der Waals surface area contributed by atoms with Crippen LogP contribution in [0.3, 0.4) is 0 Å². The summed E-state index contributed by atoms with van der Waals surface area (Å²) in [4.78, 5) is 11.5. The van der Waals surface area contributed by atoms with Gasteiger partial charge in [0.15, 0.2) is 0 Å². The number of carbonyl (C=O) groups excluding carboxylic acids is 1. The predicted octanol–water partition coefficient (Wildman–Crippen LogP) is 2.13. The Labute approximate surface area is 101 Å². The molecule has 88 valence electrons. The molecule has 0 spiro atoms. The zero-order valence-corrected chi connectivity index (χ0v) is 10.3. The molecule has 0 aromatic heterocycles. The van der Waals surface area contributed by atoms with Gasteiger partial charge in [-0.1, -0.05) is 23.7 Å². The van der Waals surface area contributed by atoms with Gasteiger partial charge in [0.25, 0.3) is 0 Å². The Bertz CT molecular complexity index is 337. The Kier molecular flexibility index (Phi) is 5.29. The third kappa shape index (κ3) is 4.21. The van der Waals surface area contributed by atoms with Crippen LogP contribution in [-0.4, -0.2) is 19.5 Å². The molecule has 0 saturated carbocycles. The Morgan fingerprint density at radius 3 is 2.56 bits per heavy atom. The van der Waals surface area contributed by atoms with E-state index in [1.54, 1.807) is 0 Å². The number of carbonyl (C=O) groups is 1. The van der Waals surface area contributed by atoms with Crippen LogP contribution in [0.25, 0.3) is 0 Å². The molecule has 0 aliphatic heterocycles. The molecular formula is C12H17ClN2O. The van der Waals surface area contributed by atoms with Crippen molar-refractivity contribution < 1.29 is 4.79 Å². The second kappa shape index (κ2) is 6.51. The van der Waals surface area contributed by atoms with Gasteiger partial charge >= 0.3 is 0 Å². The molecule has 1 atom stereocenters. The number of halogens is 1. The molecular weight excluding hydrogens is 224 g/mol. The van der Waals surface area contributed by atoms with Crippen molar-refractivity contribution in [3.8, 4) is 0 Å². The number of hydrogen-bond donors (Lipinski definition) is 2. The van der Waals surface area contributed by atoms with Gasteiger partial charge in [0.1, 0.15) is 0 Å². The van der Waals surface area contributed by atoms with Crippen LogP contribution in [0, 0.1) is 0 Å².